The van der Waals surface area contributed by atoms with E-state index < -0.39 is 27.8 Å². The van der Waals surface area contributed by atoms with Gasteiger partial charge in [-0.2, -0.15) is 9.40 Å². The van der Waals surface area contributed by atoms with Crippen LogP contribution in [0.1, 0.15) is 82.2 Å². The first kappa shape index (κ1) is 34.6. The number of carbonyl (C=O) groups is 3. The summed E-state index contributed by atoms with van der Waals surface area (Å²) in [7, 11) is -3.98. The Bertz CT molecular complexity index is 2050. The lowest BCUT2D eigenvalue weighted by Gasteiger charge is -2.34. The number of sulfonamides is 1. The number of thiophene rings is 1. The van der Waals surface area contributed by atoms with Crippen LogP contribution in [-0.2, 0) is 27.8 Å². The van der Waals surface area contributed by atoms with Crippen LogP contribution >= 0.6 is 22.9 Å². The van der Waals surface area contributed by atoms with E-state index in [1.54, 1.807) is 42.1 Å². The minimum atomic E-state index is -3.98. The van der Waals surface area contributed by atoms with Gasteiger partial charge in [0.05, 0.1) is 33.8 Å². The molecule has 1 amide bonds. The molecule has 3 heterocycles. The molecule has 0 bridgehead atoms. The molecule has 2 aromatic heterocycles. The molecule has 0 saturated heterocycles. The highest BCUT2D eigenvalue weighted by molar-refractivity contribution is 7.89. The van der Waals surface area contributed by atoms with E-state index in [1.165, 1.54) is 34.0 Å². The van der Waals surface area contributed by atoms with Gasteiger partial charge in [-0.1, -0.05) is 24.6 Å². The summed E-state index contributed by atoms with van der Waals surface area (Å²) < 4.78 is 30.8. The molecule has 1 aliphatic heterocycles. The van der Waals surface area contributed by atoms with Crippen LogP contribution in [0.4, 0.5) is 5.00 Å². The molecule has 2 aromatic carbocycles. The Kier molecular flexibility index (Phi) is 9.70. The number of hydrogen-bond donors (Lipinski definition) is 2. The molecule has 2 N–H and O–H groups in total. The van der Waals surface area contributed by atoms with Crippen molar-refractivity contribution in [3.63, 3.8) is 0 Å². The maximum absolute atomic E-state index is 14.2. The van der Waals surface area contributed by atoms with Crippen molar-refractivity contribution in [2.24, 2.45) is 5.92 Å². The van der Waals surface area contributed by atoms with E-state index in [0.29, 0.717) is 65.8 Å². The van der Waals surface area contributed by atoms with Crippen LogP contribution in [0.5, 0.6) is 0 Å². The Morgan fingerprint density at radius 1 is 1.04 bits per heavy atom. The number of carboxylic acid groups (broad SMARTS) is 1. The maximum Gasteiger partial charge on any atom is 0.306 e. The molecule has 0 radical (unpaired) electrons. The second kappa shape index (κ2) is 14.0. The van der Waals surface area contributed by atoms with Gasteiger partial charge in [-0.25, -0.2) is 13.1 Å². The number of aliphatic carboxylic acids is 1. The van der Waals surface area contributed by atoms with E-state index in [0.717, 1.165) is 35.5 Å². The molecule has 50 heavy (non-hydrogen) atoms. The lowest BCUT2D eigenvalue weighted by Crippen LogP contribution is -2.42. The van der Waals surface area contributed by atoms with Gasteiger partial charge in [0.15, 0.2) is 5.78 Å². The quantitative estimate of drug-likeness (QED) is 0.172. The van der Waals surface area contributed by atoms with Crippen molar-refractivity contribution < 1.29 is 27.9 Å². The van der Waals surface area contributed by atoms with Crippen molar-refractivity contribution in [3.8, 4) is 5.69 Å². The second-order valence-corrected chi connectivity index (χ2v) is 16.6. The highest BCUT2D eigenvalue weighted by Crippen LogP contribution is 2.41. The number of ketones is 1. The molecule has 2 aliphatic carbocycles. The number of amides is 1. The normalized spacial score (nSPS) is 19.7. The Morgan fingerprint density at radius 3 is 2.46 bits per heavy atom. The van der Waals surface area contributed by atoms with Gasteiger partial charge >= 0.3 is 5.97 Å². The minimum Gasteiger partial charge on any atom is -0.481 e. The fourth-order valence-corrected chi connectivity index (χ4v) is 10.3. The summed E-state index contributed by atoms with van der Waals surface area (Å²) in [6.45, 7) is 3.52. The Labute approximate surface area is 299 Å². The Morgan fingerprint density at radius 2 is 1.78 bits per heavy atom. The molecule has 262 valence electrons. The fourth-order valence-electron chi connectivity index (χ4n) is 7.17. The third-order valence-corrected chi connectivity index (χ3v) is 13.4. The Hall–Kier alpha value is -3.88. The van der Waals surface area contributed by atoms with Crippen LogP contribution < -0.4 is 5.32 Å². The first-order valence-electron chi connectivity index (χ1n) is 16.9. The molecule has 11 nitrogen and oxygen atoms in total. The zero-order valence-corrected chi connectivity index (χ0v) is 29.9. The smallest absolute Gasteiger partial charge is 0.306 e. The first-order valence-corrected chi connectivity index (χ1v) is 19.6. The number of aromatic nitrogens is 2. The largest absolute Gasteiger partial charge is 0.481 e. The van der Waals surface area contributed by atoms with Crippen LogP contribution in [0, 0.1) is 5.92 Å². The first-order chi connectivity index (χ1) is 24.0. The van der Waals surface area contributed by atoms with Crippen molar-refractivity contribution in [2.45, 2.75) is 75.4 Å². The SMILES string of the molecule is CCN(C1CCC(C(=O)O)CC1)S(=O)(=O)c1cccc(C(=O)Nc2sc3c(c2C(=O)c2cnn(-c4ccc(Cl)cc4)c2)CCN(C2CC2)C3)c1. The summed E-state index contributed by atoms with van der Waals surface area (Å²) >= 11 is 7.45. The molecule has 2 saturated carbocycles. The topological polar surface area (TPSA) is 142 Å². The van der Waals surface area contributed by atoms with Crippen molar-refractivity contribution in [3.05, 3.63) is 93.1 Å². The summed E-state index contributed by atoms with van der Waals surface area (Å²) in [6, 6.07) is 13.3. The maximum atomic E-state index is 14.2. The fraction of sp³-hybridized carbons (Fsp3) is 0.389. The number of nitrogens with one attached hydrogen (secondary N) is 1. The van der Waals surface area contributed by atoms with Gasteiger partial charge in [0.1, 0.15) is 5.00 Å². The van der Waals surface area contributed by atoms with Crippen LogP contribution in [0.25, 0.3) is 5.69 Å². The predicted molar refractivity (Wildman–Crippen MR) is 191 cm³/mol. The zero-order valence-electron chi connectivity index (χ0n) is 27.5. The molecular formula is C36H38ClN5O6S2. The molecule has 0 unspecified atom stereocenters. The monoisotopic (exact) mass is 735 g/mol. The highest BCUT2D eigenvalue weighted by Gasteiger charge is 2.37. The third kappa shape index (κ3) is 6.89. The van der Waals surface area contributed by atoms with Gasteiger partial charge < -0.3 is 10.4 Å². The van der Waals surface area contributed by atoms with Gasteiger partial charge in [-0.3, -0.25) is 19.3 Å². The lowest BCUT2D eigenvalue weighted by atomic mass is 9.86. The van der Waals surface area contributed by atoms with Crippen LogP contribution in [0.2, 0.25) is 5.02 Å². The highest BCUT2D eigenvalue weighted by atomic mass is 35.5. The van der Waals surface area contributed by atoms with Crippen LogP contribution in [-0.4, -0.2) is 75.3 Å². The van der Waals surface area contributed by atoms with Crippen molar-refractivity contribution in [1.82, 2.24) is 19.0 Å². The summed E-state index contributed by atoms with van der Waals surface area (Å²) in [4.78, 5) is 42.9. The van der Waals surface area contributed by atoms with Gasteiger partial charge in [-0.15, -0.1) is 11.3 Å². The average Bonchev–Trinajstić information content (AvgIpc) is 3.74. The number of carboxylic acids is 1. The van der Waals surface area contributed by atoms with Gasteiger partial charge in [0, 0.05) is 53.4 Å². The number of anilines is 1. The van der Waals surface area contributed by atoms with Gasteiger partial charge in [0.2, 0.25) is 10.0 Å². The number of fused-ring (bicyclic) bond motifs is 1. The number of rotatable bonds is 11. The molecule has 7 rings (SSSR count). The summed E-state index contributed by atoms with van der Waals surface area (Å²) in [5.41, 5.74) is 2.66. The molecule has 0 atom stereocenters. The van der Waals surface area contributed by atoms with Crippen molar-refractivity contribution in [2.75, 3.05) is 18.4 Å². The molecule has 2 fully saturated rings. The molecule has 3 aliphatic rings. The summed E-state index contributed by atoms with van der Waals surface area (Å²) in [6.07, 6.45) is 7.95. The summed E-state index contributed by atoms with van der Waals surface area (Å²) in [5.74, 6) is -2.07. The molecule has 4 aromatic rings. The van der Waals surface area contributed by atoms with Crippen molar-refractivity contribution >= 4 is 55.6 Å². The van der Waals surface area contributed by atoms with E-state index in [2.05, 4.69) is 15.3 Å². The molecule has 14 heteroatoms. The van der Waals surface area contributed by atoms with Crippen molar-refractivity contribution in [1.29, 1.82) is 0 Å². The van der Waals surface area contributed by atoms with E-state index in [1.807, 2.05) is 12.1 Å². The number of nitrogens with zero attached hydrogens (tertiary/aromatic N) is 4. The minimum absolute atomic E-state index is 0.0104. The predicted octanol–water partition coefficient (Wildman–Crippen LogP) is 6.25. The van der Waals surface area contributed by atoms with Gasteiger partial charge in [-0.05, 0) is 93.0 Å². The van der Waals surface area contributed by atoms with Crippen LogP contribution in [0.15, 0.2) is 65.8 Å². The summed E-state index contributed by atoms with van der Waals surface area (Å²) in [5, 5.41) is 17.8. The van der Waals surface area contributed by atoms with Crippen LogP contribution in [0.3, 0.4) is 0 Å². The number of benzene rings is 2. The molecule has 0 spiro atoms. The number of hydrogen-bond acceptors (Lipinski definition) is 8. The molecular weight excluding hydrogens is 698 g/mol. The van der Waals surface area contributed by atoms with E-state index in [4.69, 9.17) is 11.6 Å². The standard InChI is InChI=1S/C36H38ClN5O6S2/c1-2-42(28-10-6-22(7-11-28)36(45)46)50(47,48)29-5-3-4-23(18-29)34(44)39-35-32(30-16-17-40(26-14-15-26)21-31(30)49-35)33(43)24-19-38-41(20-24)27-12-8-25(37)9-13-27/h3-5,8-9,12-13,18-20,22,26,28H,2,6-7,10-11,14-17,21H2,1H3,(H,39,44)(H,45,46). The number of carbonyl (C=O) groups excluding carboxylic acids is 2. The third-order valence-electron chi connectivity index (χ3n) is 10.0. The zero-order chi connectivity index (χ0) is 35.2. The second-order valence-electron chi connectivity index (χ2n) is 13.2. The average molecular weight is 736 g/mol. The van der Waals surface area contributed by atoms with E-state index >= 15 is 0 Å². The van der Waals surface area contributed by atoms with E-state index in [-0.39, 0.29) is 28.8 Å². The Balaban J connectivity index is 1.16. The van der Waals surface area contributed by atoms with Gasteiger partial charge in [0.25, 0.3) is 5.91 Å². The lowest BCUT2D eigenvalue weighted by molar-refractivity contribution is -0.143. The van der Waals surface area contributed by atoms with E-state index in [9.17, 15) is 27.9 Å². The number of halogens is 1.